The minimum Gasteiger partial charge on any atom is -0.385 e. The third kappa shape index (κ3) is 2.79. The van der Waals surface area contributed by atoms with Crippen molar-refractivity contribution in [2.75, 3.05) is 11.9 Å². The van der Waals surface area contributed by atoms with E-state index >= 15 is 0 Å². The van der Waals surface area contributed by atoms with Crippen LogP contribution in [-0.4, -0.2) is 11.5 Å². The number of rotatable bonds is 3. The first-order valence-corrected chi connectivity index (χ1v) is 7.52. The molecule has 1 aromatic carbocycles. The molecule has 0 aliphatic carbocycles. The van der Waals surface area contributed by atoms with Crippen LogP contribution >= 0.6 is 0 Å². The number of hydrogen-bond acceptors (Lipinski definition) is 2. The van der Waals surface area contributed by atoms with Gasteiger partial charge in [-0.3, -0.25) is 4.98 Å². The van der Waals surface area contributed by atoms with Gasteiger partial charge >= 0.3 is 0 Å². The molecule has 0 aliphatic heterocycles. The van der Waals surface area contributed by atoms with E-state index in [0.717, 1.165) is 17.8 Å². The van der Waals surface area contributed by atoms with Gasteiger partial charge in [-0.1, -0.05) is 52.8 Å². The van der Waals surface area contributed by atoms with E-state index in [4.69, 9.17) is 4.98 Å². The van der Waals surface area contributed by atoms with E-state index in [2.05, 4.69) is 71.1 Å². The van der Waals surface area contributed by atoms with Gasteiger partial charge in [0.25, 0.3) is 0 Å². The van der Waals surface area contributed by atoms with Crippen molar-refractivity contribution in [3.05, 3.63) is 35.5 Å². The van der Waals surface area contributed by atoms with Crippen LogP contribution in [0.5, 0.6) is 0 Å². The number of para-hydroxylation sites is 1. The molecular formula is C18H26N2. The molecule has 2 heteroatoms. The maximum atomic E-state index is 4.94. The second kappa shape index (κ2) is 5.43. The number of anilines is 1. The second-order valence-electron chi connectivity index (χ2n) is 6.73. The molecule has 108 valence electrons. The minimum absolute atomic E-state index is 0.103. The number of benzene rings is 1. The van der Waals surface area contributed by atoms with Crippen molar-refractivity contribution in [1.82, 2.24) is 4.98 Å². The zero-order valence-electron chi connectivity index (χ0n) is 13.5. The van der Waals surface area contributed by atoms with E-state index in [1.165, 1.54) is 16.6 Å². The van der Waals surface area contributed by atoms with Gasteiger partial charge in [-0.2, -0.15) is 0 Å². The Labute approximate surface area is 122 Å². The van der Waals surface area contributed by atoms with Crippen LogP contribution in [0.4, 0.5) is 5.69 Å². The van der Waals surface area contributed by atoms with Crippen molar-refractivity contribution in [2.45, 2.75) is 52.9 Å². The van der Waals surface area contributed by atoms with Gasteiger partial charge in [0.05, 0.1) is 5.52 Å². The summed E-state index contributed by atoms with van der Waals surface area (Å²) in [6, 6.07) is 8.71. The van der Waals surface area contributed by atoms with Gasteiger partial charge in [0, 0.05) is 23.3 Å². The fraction of sp³-hybridized carbons (Fsp3) is 0.500. The van der Waals surface area contributed by atoms with Gasteiger partial charge in [-0.25, -0.2) is 0 Å². The minimum atomic E-state index is 0.103. The molecule has 0 radical (unpaired) electrons. The lowest BCUT2D eigenvalue weighted by Crippen LogP contribution is -2.13. The van der Waals surface area contributed by atoms with Gasteiger partial charge < -0.3 is 5.32 Å². The first kappa shape index (κ1) is 14.8. The fourth-order valence-electron chi connectivity index (χ4n) is 2.51. The van der Waals surface area contributed by atoms with E-state index in [1.54, 1.807) is 0 Å². The van der Waals surface area contributed by atoms with Gasteiger partial charge in [-0.05, 0) is 29.9 Å². The summed E-state index contributed by atoms with van der Waals surface area (Å²) in [6.07, 6.45) is 0. The van der Waals surface area contributed by atoms with E-state index < -0.39 is 0 Å². The van der Waals surface area contributed by atoms with Crippen molar-refractivity contribution in [3.63, 3.8) is 0 Å². The summed E-state index contributed by atoms with van der Waals surface area (Å²) in [6.45, 7) is 14.2. The van der Waals surface area contributed by atoms with Crippen molar-refractivity contribution in [3.8, 4) is 0 Å². The summed E-state index contributed by atoms with van der Waals surface area (Å²) in [5.74, 6) is 0.435. The monoisotopic (exact) mass is 270 g/mol. The molecule has 20 heavy (non-hydrogen) atoms. The van der Waals surface area contributed by atoms with Crippen LogP contribution in [0.2, 0.25) is 0 Å². The lowest BCUT2D eigenvalue weighted by Gasteiger charge is -2.22. The Balaban J connectivity index is 2.79. The molecule has 2 aromatic rings. The van der Waals surface area contributed by atoms with E-state index in [0.29, 0.717) is 5.92 Å². The Morgan fingerprint density at radius 2 is 1.90 bits per heavy atom. The van der Waals surface area contributed by atoms with Gasteiger partial charge in [-0.15, -0.1) is 0 Å². The highest BCUT2D eigenvalue weighted by Crippen LogP contribution is 2.33. The van der Waals surface area contributed by atoms with Crippen molar-refractivity contribution < 1.29 is 0 Å². The molecule has 0 unspecified atom stereocenters. The molecule has 0 amide bonds. The zero-order valence-corrected chi connectivity index (χ0v) is 13.5. The van der Waals surface area contributed by atoms with Crippen LogP contribution in [0.3, 0.4) is 0 Å². The molecule has 2 rings (SSSR count). The molecule has 0 fully saturated rings. The van der Waals surface area contributed by atoms with Crippen LogP contribution in [0.15, 0.2) is 24.3 Å². The third-order valence-electron chi connectivity index (χ3n) is 3.63. The predicted octanol–water partition coefficient (Wildman–Crippen LogP) is 5.09. The summed E-state index contributed by atoms with van der Waals surface area (Å²) >= 11 is 0. The first-order valence-electron chi connectivity index (χ1n) is 7.52. The molecule has 0 bridgehead atoms. The summed E-state index contributed by atoms with van der Waals surface area (Å²) in [4.78, 5) is 4.94. The smallest absolute Gasteiger partial charge is 0.0763 e. The molecule has 1 aromatic heterocycles. The maximum absolute atomic E-state index is 4.94. The molecule has 0 atom stereocenters. The molecule has 0 aliphatic rings. The third-order valence-corrected chi connectivity index (χ3v) is 3.63. The van der Waals surface area contributed by atoms with E-state index in [-0.39, 0.29) is 5.41 Å². The molecule has 0 saturated carbocycles. The van der Waals surface area contributed by atoms with Gasteiger partial charge in [0.1, 0.15) is 0 Å². The zero-order chi connectivity index (χ0) is 14.9. The highest BCUT2D eigenvalue weighted by atomic mass is 14.9. The van der Waals surface area contributed by atoms with Crippen LogP contribution in [0.25, 0.3) is 10.9 Å². The Morgan fingerprint density at radius 1 is 1.20 bits per heavy atom. The maximum Gasteiger partial charge on any atom is 0.0763 e. The van der Waals surface area contributed by atoms with Crippen LogP contribution in [0.1, 0.15) is 58.7 Å². The molecule has 2 nitrogen and oxygen atoms in total. The number of aromatic nitrogens is 1. The molecule has 1 N–H and O–H groups in total. The summed E-state index contributed by atoms with van der Waals surface area (Å²) in [5, 5.41) is 4.71. The largest absolute Gasteiger partial charge is 0.385 e. The quantitative estimate of drug-likeness (QED) is 0.840. The van der Waals surface area contributed by atoms with E-state index in [1.807, 2.05) is 0 Å². The number of fused-ring (bicyclic) bond motifs is 1. The van der Waals surface area contributed by atoms with Crippen LogP contribution in [-0.2, 0) is 5.41 Å². The Hall–Kier alpha value is -1.57. The van der Waals surface area contributed by atoms with Gasteiger partial charge in [0.15, 0.2) is 0 Å². The van der Waals surface area contributed by atoms with Crippen molar-refractivity contribution in [2.24, 2.45) is 0 Å². The molecule has 1 heterocycles. The molecule has 0 spiro atoms. The average molecular weight is 270 g/mol. The topological polar surface area (TPSA) is 24.9 Å². The second-order valence-corrected chi connectivity index (χ2v) is 6.73. The van der Waals surface area contributed by atoms with Crippen LogP contribution in [0, 0.1) is 0 Å². The van der Waals surface area contributed by atoms with Crippen molar-refractivity contribution >= 4 is 16.6 Å². The highest BCUT2D eigenvalue weighted by Gasteiger charge is 2.19. The summed E-state index contributed by atoms with van der Waals surface area (Å²) in [5.41, 5.74) is 4.92. The number of pyridine rings is 1. The summed E-state index contributed by atoms with van der Waals surface area (Å²) in [7, 11) is 0. The predicted molar refractivity (Wildman–Crippen MR) is 88.7 cm³/mol. The normalized spacial score (nSPS) is 12.2. The molecular weight excluding hydrogens is 244 g/mol. The van der Waals surface area contributed by atoms with Crippen molar-refractivity contribution in [1.29, 1.82) is 0 Å². The number of nitrogens with zero attached hydrogens (tertiary/aromatic N) is 1. The Morgan fingerprint density at radius 3 is 2.45 bits per heavy atom. The highest BCUT2D eigenvalue weighted by molar-refractivity contribution is 5.94. The van der Waals surface area contributed by atoms with E-state index in [9.17, 15) is 0 Å². The van der Waals surface area contributed by atoms with Gasteiger partial charge in [0.2, 0.25) is 0 Å². The number of nitrogens with one attached hydrogen (secondary N) is 1. The lowest BCUT2D eigenvalue weighted by atomic mass is 9.85. The first-order chi connectivity index (χ1) is 9.34. The average Bonchev–Trinajstić information content (AvgIpc) is 2.37. The Bertz CT molecular complexity index is 607. The van der Waals surface area contributed by atoms with Crippen LogP contribution < -0.4 is 5.32 Å². The SMILES string of the molecule is CCNc1cc(C(C)C)nc2c(C(C)(C)C)cccc12. The standard InChI is InChI=1S/C18H26N2/c1-7-19-16-11-15(12(2)3)20-17-13(16)9-8-10-14(17)18(4,5)6/h8-12H,7H2,1-6H3,(H,19,20). The summed E-state index contributed by atoms with van der Waals surface area (Å²) < 4.78 is 0. The Kier molecular flexibility index (Phi) is 4.03. The fourth-order valence-corrected chi connectivity index (χ4v) is 2.51. The molecule has 0 saturated heterocycles. The lowest BCUT2D eigenvalue weighted by molar-refractivity contribution is 0.594. The number of hydrogen-bond donors (Lipinski definition) is 1.